The van der Waals surface area contributed by atoms with Crippen LogP contribution < -0.4 is 10.1 Å². The van der Waals surface area contributed by atoms with E-state index in [0.29, 0.717) is 44.2 Å². The van der Waals surface area contributed by atoms with E-state index >= 15 is 0 Å². The lowest BCUT2D eigenvalue weighted by Crippen LogP contribution is -2.49. The van der Waals surface area contributed by atoms with Crippen LogP contribution in [0.5, 0.6) is 5.75 Å². The molecule has 2 aromatic carbocycles. The van der Waals surface area contributed by atoms with E-state index in [1.165, 1.54) is 0 Å². The number of para-hydroxylation sites is 3. The van der Waals surface area contributed by atoms with Gasteiger partial charge in [0.15, 0.2) is 5.60 Å². The van der Waals surface area contributed by atoms with Crippen molar-refractivity contribution in [1.29, 1.82) is 0 Å². The van der Waals surface area contributed by atoms with Gasteiger partial charge in [-0.05, 0) is 61.9 Å². The molecule has 3 aliphatic rings. The Labute approximate surface area is 223 Å². The van der Waals surface area contributed by atoms with Crippen molar-refractivity contribution in [3.05, 3.63) is 78.1 Å². The van der Waals surface area contributed by atoms with Crippen LogP contribution in [0, 0.1) is 5.41 Å². The summed E-state index contributed by atoms with van der Waals surface area (Å²) in [7, 11) is 1.60. The van der Waals surface area contributed by atoms with Crippen molar-refractivity contribution in [3.8, 4) is 11.4 Å². The highest BCUT2D eigenvalue weighted by molar-refractivity contribution is 5.91. The number of methoxy groups -OCH3 is 1. The maximum Gasteiger partial charge on any atom is 0.321 e. The van der Waals surface area contributed by atoms with E-state index in [2.05, 4.69) is 22.0 Å². The molecule has 4 heterocycles. The van der Waals surface area contributed by atoms with Crippen molar-refractivity contribution in [2.24, 2.45) is 5.41 Å². The third-order valence-corrected chi connectivity index (χ3v) is 8.60. The molecule has 3 aromatic rings. The molecule has 38 heavy (non-hydrogen) atoms. The van der Waals surface area contributed by atoms with Crippen LogP contribution in [0.3, 0.4) is 0 Å². The van der Waals surface area contributed by atoms with E-state index in [1.807, 2.05) is 71.5 Å². The molecule has 3 amide bonds. The zero-order chi connectivity index (χ0) is 26.3. The number of rotatable bonds is 3. The fraction of sp³-hybridized carbons (Fsp3) is 0.400. The number of amides is 3. The third kappa shape index (κ3) is 4.13. The standard InChI is InChI=1S/C30H34N4O4/c1-29(26-12-7-16-34(26)24-10-5-3-8-22(24)20-38-29)27(35)33-19-15-30(21-33)13-17-32(18-14-30)28(36)31-23-9-4-6-11-25(23)37-2/h3-12,16H,13-15,17-21H2,1-2H3,(H,31,36). The number of carbonyl (C=O) groups is 2. The predicted molar refractivity (Wildman–Crippen MR) is 144 cm³/mol. The van der Waals surface area contributed by atoms with E-state index in [-0.39, 0.29) is 17.4 Å². The normalized spacial score (nSPS) is 21.9. The van der Waals surface area contributed by atoms with E-state index in [9.17, 15) is 9.59 Å². The minimum absolute atomic E-state index is 0.0125. The van der Waals surface area contributed by atoms with Crippen LogP contribution >= 0.6 is 0 Å². The molecule has 8 nitrogen and oxygen atoms in total. The fourth-order valence-electron chi connectivity index (χ4n) is 6.26. The molecule has 1 atom stereocenters. The van der Waals surface area contributed by atoms with Crippen molar-refractivity contribution in [2.45, 2.75) is 38.4 Å². The molecule has 1 spiro atoms. The first kappa shape index (κ1) is 24.6. The summed E-state index contributed by atoms with van der Waals surface area (Å²) in [5.41, 5.74) is 2.61. The maximum absolute atomic E-state index is 14.1. The lowest BCUT2D eigenvalue weighted by atomic mass is 9.78. The SMILES string of the molecule is COc1ccccc1NC(=O)N1CCC2(CC1)CCN(C(=O)C1(C)OCc3ccccc3-n3cccc31)C2. The summed E-state index contributed by atoms with van der Waals surface area (Å²) < 4.78 is 13.8. The number of piperidine rings is 1. The van der Waals surface area contributed by atoms with Crippen LogP contribution in [0.1, 0.15) is 37.4 Å². The molecule has 3 aliphatic heterocycles. The van der Waals surface area contributed by atoms with Crippen molar-refractivity contribution in [3.63, 3.8) is 0 Å². The van der Waals surface area contributed by atoms with Gasteiger partial charge in [0.05, 0.1) is 30.8 Å². The second-order valence-electron chi connectivity index (χ2n) is 10.8. The summed E-state index contributed by atoms with van der Waals surface area (Å²) in [5.74, 6) is 0.654. The smallest absolute Gasteiger partial charge is 0.321 e. The highest BCUT2D eigenvalue weighted by Crippen LogP contribution is 2.43. The Morgan fingerprint density at radius 3 is 2.42 bits per heavy atom. The van der Waals surface area contributed by atoms with Gasteiger partial charge >= 0.3 is 6.03 Å². The predicted octanol–water partition coefficient (Wildman–Crippen LogP) is 4.78. The van der Waals surface area contributed by atoms with Crippen molar-refractivity contribution in [2.75, 3.05) is 38.6 Å². The number of nitrogens with zero attached hydrogens (tertiary/aromatic N) is 3. The summed E-state index contributed by atoms with van der Waals surface area (Å²) in [6, 6.07) is 19.4. The second-order valence-corrected chi connectivity index (χ2v) is 10.8. The molecule has 1 aromatic heterocycles. The molecule has 8 heteroatoms. The van der Waals surface area contributed by atoms with Crippen LogP contribution in [0.4, 0.5) is 10.5 Å². The fourth-order valence-corrected chi connectivity index (χ4v) is 6.26. The van der Waals surface area contributed by atoms with Gasteiger partial charge in [0.25, 0.3) is 5.91 Å². The molecular formula is C30H34N4O4. The van der Waals surface area contributed by atoms with Gasteiger partial charge in [-0.1, -0.05) is 30.3 Å². The minimum Gasteiger partial charge on any atom is -0.495 e. The number of urea groups is 1. The first-order chi connectivity index (χ1) is 18.4. The Morgan fingerprint density at radius 1 is 0.921 bits per heavy atom. The number of likely N-dealkylation sites (tertiary alicyclic amines) is 2. The number of aromatic nitrogens is 1. The van der Waals surface area contributed by atoms with Gasteiger partial charge < -0.3 is 29.2 Å². The van der Waals surface area contributed by atoms with Gasteiger partial charge in [-0.25, -0.2) is 4.79 Å². The lowest BCUT2D eigenvalue weighted by molar-refractivity contribution is -0.159. The van der Waals surface area contributed by atoms with E-state index in [4.69, 9.17) is 9.47 Å². The first-order valence-electron chi connectivity index (χ1n) is 13.3. The van der Waals surface area contributed by atoms with Gasteiger partial charge in [0.1, 0.15) is 5.75 Å². The Bertz CT molecular complexity index is 1360. The molecule has 2 fully saturated rings. The second kappa shape index (κ2) is 9.51. The molecule has 0 saturated carbocycles. The first-order valence-corrected chi connectivity index (χ1v) is 13.3. The highest BCUT2D eigenvalue weighted by Gasteiger charge is 2.49. The average Bonchev–Trinajstić information content (AvgIpc) is 3.58. The third-order valence-electron chi connectivity index (χ3n) is 8.60. The zero-order valence-electron chi connectivity index (χ0n) is 22.0. The summed E-state index contributed by atoms with van der Waals surface area (Å²) in [4.78, 5) is 30.9. The molecule has 0 bridgehead atoms. The monoisotopic (exact) mass is 514 g/mol. The largest absolute Gasteiger partial charge is 0.495 e. The summed E-state index contributed by atoms with van der Waals surface area (Å²) in [6.07, 6.45) is 4.69. The number of anilines is 1. The number of nitrogens with one attached hydrogen (secondary N) is 1. The van der Waals surface area contributed by atoms with Crippen LogP contribution in [-0.2, 0) is 21.7 Å². The molecule has 2 saturated heterocycles. The number of hydrogen-bond donors (Lipinski definition) is 1. The minimum atomic E-state index is -1.07. The number of ether oxygens (including phenoxy) is 2. The van der Waals surface area contributed by atoms with Crippen LogP contribution in [0.2, 0.25) is 0 Å². The molecule has 0 radical (unpaired) electrons. The van der Waals surface area contributed by atoms with Gasteiger partial charge in [-0.15, -0.1) is 0 Å². The van der Waals surface area contributed by atoms with Gasteiger partial charge in [-0.3, -0.25) is 4.79 Å². The van der Waals surface area contributed by atoms with Crippen LogP contribution in [-0.4, -0.2) is 59.6 Å². The highest BCUT2D eigenvalue weighted by atomic mass is 16.5. The number of hydrogen-bond acceptors (Lipinski definition) is 4. The summed E-state index contributed by atoms with van der Waals surface area (Å²) >= 11 is 0. The van der Waals surface area contributed by atoms with Crippen LogP contribution in [0.15, 0.2) is 66.9 Å². The molecule has 1 N–H and O–H groups in total. The Hall–Kier alpha value is -3.78. The average molecular weight is 515 g/mol. The maximum atomic E-state index is 14.1. The summed E-state index contributed by atoms with van der Waals surface area (Å²) in [6.45, 7) is 5.02. The van der Waals surface area contributed by atoms with Crippen molar-refractivity contribution >= 4 is 17.6 Å². The van der Waals surface area contributed by atoms with Gasteiger partial charge in [-0.2, -0.15) is 0 Å². The Balaban J connectivity index is 1.13. The van der Waals surface area contributed by atoms with Crippen molar-refractivity contribution in [1.82, 2.24) is 14.4 Å². The Kier molecular flexibility index (Phi) is 6.14. The van der Waals surface area contributed by atoms with E-state index < -0.39 is 5.60 Å². The molecule has 6 rings (SSSR count). The number of fused-ring (bicyclic) bond motifs is 3. The number of benzene rings is 2. The summed E-state index contributed by atoms with van der Waals surface area (Å²) in [5, 5.41) is 2.98. The lowest BCUT2D eigenvalue weighted by Gasteiger charge is -2.40. The van der Waals surface area contributed by atoms with E-state index in [1.54, 1.807) is 7.11 Å². The quantitative estimate of drug-likeness (QED) is 0.546. The van der Waals surface area contributed by atoms with E-state index in [0.717, 1.165) is 36.2 Å². The van der Waals surface area contributed by atoms with Gasteiger partial charge in [0, 0.05) is 37.9 Å². The van der Waals surface area contributed by atoms with Crippen LogP contribution in [0.25, 0.3) is 5.69 Å². The topological polar surface area (TPSA) is 76.0 Å². The molecule has 198 valence electrons. The molecule has 1 unspecified atom stereocenters. The Morgan fingerprint density at radius 2 is 1.63 bits per heavy atom. The molecule has 0 aliphatic carbocycles. The number of carbonyl (C=O) groups excluding carboxylic acids is 2. The molecular weight excluding hydrogens is 480 g/mol. The van der Waals surface area contributed by atoms with Crippen molar-refractivity contribution < 1.29 is 19.1 Å². The zero-order valence-corrected chi connectivity index (χ0v) is 22.0. The van der Waals surface area contributed by atoms with Gasteiger partial charge in [0.2, 0.25) is 0 Å².